The van der Waals surface area contributed by atoms with Crippen molar-refractivity contribution < 1.29 is 4.74 Å². The summed E-state index contributed by atoms with van der Waals surface area (Å²) in [7, 11) is 0. The van der Waals surface area contributed by atoms with Crippen LogP contribution >= 0.6 is 15.9 Å². The van der Waals surface area contributed by atoms with Crippen LogP contribution in [0.1, 0.15) is 26.2 Å². The Morgan fingerprint density at radius 1 is 1.47 bits per heavy atom. The molecule has 17 heavy (non-hydrogen) atoms. The van der Waals surface area contributed by atoms with Crippen LogP contribution in [0, 0.1) is 0 Å². The van der Waals surface area contributed by atoms with E-state index in [9.17, 15) is 0 Å². The lowest BCUT2D eigenvalue weighted by molar-refractivity contribution is 0.304. The average molecular weight is 300 g/mol. The van der Waals surface area contributed by atoms with Gasteiger partial charge in [-0.2, -0.15) is 4.98 Å². The number of ether oxygens (including phenoxy) is 1. The molecular formula is C12H18BrN3O. The molecule has 0 aromatic carbocycles. The number of halogens is 1. The molecule has 0 bridgehead atoms. The van der Waals surface area contributed by atoms with Gasteiger partial charge in [-0.1, -0.05) is 22.9 Å². The van der Waals surface area contributed by atoms with Gasteiger partial charge in [0.2, 0.25) is 5.88 Å². The molecule has 1 aromatic heterocycles. The molecule has 0 radical (unpaired) electrons. The number of anilines is 1. The normalized spacial score (nSPS) is 14.7. The van der Waals surface area contributed by atoms with Crippen molar-refractivity contribution in [2.24, 2.45) is 0 Å². The van der Waals surface area contributed by atoms with E-state index in [0.29, 0.717) is 18.5 Å². The lowest BCUT2D eigenvalue weighted by Gasteiger charge is -2.22. The van der Waals surface area contributed by atoms with Crippen LogP contribution in [0.3, 0.4) is 0 Å². The van der Waals surface area contributed by atoms with Gasteiger partial charge in [-0.3, -0.25) is 4.98 Å². The zero-order valence-electron chi connectivity index (χ0n) is 10.1. The molecule has 0 aliphatic heterocycles. The molecule has 0 atom stereocenters. The second-order valence-corrected chi connectivity index (χ2v) is 4.97. The van der Waals surface area contributed by atoms with Crippen LogP contribution in [-0.2, 0) is 0 Å². The number of aromatic nitrogens is 2. The molecule has 1 aliphatic carbocycles. The van der Waals surface area contributed by atoms with Crippen LogP contribution in [0.5, 0.6) is 5.88 Å². The van der Waals surface area contributed by atoms with E-state index >= 15 is 0 Å². The summed E-state index contributed by atoms with van der Waals surface area (Å²) in [4.78, 5) is 11.0. The molecule has 1 aliphatic rings. The van der Waals surface area contributed by atoms with Gasteiger partial charge in [0.25, 0.3) is 0 Å². The van der Waals surface area contributed by atoms with Gasteiger partial charge in [0, 0.05) is 17.9 Å². The summed E-state index contributed by atoms with van der Waals surface area (Å²) in [6.45, 7) is 3.75. The molecular weight excluding hydrogens is 282 g/mol. The van der Waals surface area contributed by atoms with Crippen molar-refractivity contribution in [2.45, 2.75) is 32.2 Å². The number of hydrogen-bond acceptors (Lipinski definition) is 4. The molecule has 1 aromatic rings. The van der Waals surface area contributed by atoms with Crippen LogP contribution in [0.25, 0.3) is 0 Å². The Bertz CT molecular complexity index is 357. The standard InChI is InChI=1S/C12H18BrN3O/c1-2-7-17-12-9-14-8-11(15-12)16(6-5-13)10-3-4-10/h8-10H,2-7H2,1H3. The Morgan fingerprint density at radius 3 is 2.94 bits per heavy atom. The molecule has 4 nitrogen and oxygen atoms in total. The maximum absolute atomic E-state index is 5.51. The summed E-state index contributed by atoms with van der Waals surface area (Å²) in [5.74, 6) is 1.56. The number of nitrogens with zero attached hydrogens (tertiary/aromatic N) is 3. The first kappa shape index (κ1) is 12.6. The lowest BCUT2D eigenvalue weighted by atomic mass is 10.4. The highest BCUT2D eigenvalue weighted by atomic mass is 79.9. The maximum atomic E-state index is 5.51. The zero-order valence-corrected chi connectivity index (χ0v) is 11.7. The minimum atomic E-state index is 0.629. The van der Waals surface area contributed by atoms with Crippen molar-refractivity contribution in [3.05, 3.63) is 12.4 Å². The molecule has 0 unspecified atom stereocenters. The number of rotatable bonds is 7. The predicted octanol–water partition coefficient (Wildman–Crippen LogP) is 2.63. The van der Waals surface area contributed by atoms with E-state index in [1.54, 1.807) is 6.20 Å². The van der Waals surface area contributed by atoms with Crippen LogP contribution in [0.4, 0.5) is 5.82 Å². The summed E-state index contributed by atoms with van der Waals surface area (Å²) in [6, 6.07) is 0.642. The van der Waals surface area contributed by atoms with E-state index in [1.165, 1.54) is 12.8 Å². The SMILES string of the molecule is CCCOc1cncc(N(CCBr)C2CC2)n1. The molecule has 0 saturated heterocycles. The Kier molecular flexibility index (Phi) is 4.59. The smallest absolute Gasteiger partial charge is 0.234 e. The van der Waals surface area contributed by atoms with E-state index in [0.717, 1.165) is 24.1 Å². The second kappa shape index (κ2) is 6.19. The van der Waals surface area contributed by atoms with Crippen LogP contribution in [0.2, 0.25) is 0 Å². The molecule has 0 spiro atoms. The topological polar surface area (TPSA) is 38.2 Å². The molecule has 1 heterocycles. The second-order valence-electron chi connectivity index (χ2n) is 4.18. The van der Waals surface area contributed by atoms with Crippen molar-refractivity contribution in [3.63, 3.8) is 0 Å². The molecule has 0 amide bonds. The van der Waals surface area contributed by atoms with E-state index in [2.05, 4.69) is 37.7 Å². The first-order chi connectivity index (χ1) is 8.35. The fourth-order valence-electron chi connectivity index (χ4n) is 1.71. The van der Waals surface area contributed by atoms with Crippen molar-refractivity contribution in [1.82, 2.24) is 9.97 Å². The molecule has 94 valence electrons. The van der Waals surface area contributed by atoms with E-state index < -0.39 is 0 Å². The Balaban J connectivity index is 2.07. The molecule has 2 rings (SSSR count). The summed E-state index contributed by atoms with van der Waals surface area (Å²) >= 11 is 3.48. The van der Waals surface area contributed by atoms with E-state index in [4.69, 9.17) is 4.74 Å². The van der Waals surface area contributed by atoms with Crippen LogP contribution in [-0.4, -0.2) is 34.5 Å². The highest BCUT2D eigenvalue weighted by Crippen LogP contribution is 2.30. The van der Waals surface area contributed by atoms with Crippen LogP contribution < -0.4 is 9.64 Å². The maximum Gasteiger partial charge on any atom is 0.234 e. The third-order valence-corrected chi connectivity index (χ3v) is 3.02. The number of alkyl halides is 1. The zero-order chi connectivity index (χ0) is 12.1. The predicted molar refractivity (Wildman–Crippen MR) is 72.0 cm³/mol. The fraction of sp³-hybridized carbons (Fsp3) is 0.667. The van der Waals surface area contributed by atoms with Crippen molar-refractivity contribution in [1.29, 1.82) is 0 Å². The van der Waals surface area contributed by atoms with E-state index in [1.807, 2.05) is 6.20 Å². The average Bonchev–Trinajstić information content (AvgIpc) is 3.18. The fourth-order valence-corrected chi connectivity index (χ4v) is 2.10. The number of hydrogen-bond donors (Lipinski definition) is 0. The summed E-state index contributed by atoms with van der Waals surface area (Å²) in [6.07, 6.45) is 7.00. The summed E-state index contributed by atoms with van der Waals surface area (Å²) in [5, 5.41) is 0.950. The quantitative estimate of drug-likeness (QED) is 0.726. The minimum absolute atomic E-state index is 0.629. The highest BCUT2D eigenvalue weighted by molar-refractivity contribution is 9.09. The third-order valence-electron chi connectivity index (χ3n) is 2.66. The van der Waals surface area contributed by atoms with Gasteiger partial charge in [0.15, 0.2) is 5.82 Å². The van der Waals surface area contributed by atoms with Crippen molar-refractivity contribution in [3.8, 4) is 5.88 Å². The summed E-state index contributed by atoms with van der Waals surface area (Å²) < 4.78 is 5.51. The van der Waals surface area contributed by atoms with Crippen LogP contribution in [0.15, 0.2) is 12.4 Å². The minimum Gasteiger partial charge on any atom is -0.477 e. The largest absolute Gasteiger partial charge is 0.477 e. The lowest BCUT2D eigenvalue weighted by Crippen LogP contribution is -2.28. The molecule has 5 heteroatoms. The summed E-state index contributed by atoms with van der Waals surface area (Å²) in [5.41, 5.74) is 0. The molecule has 0 N–H and O–H groups in total. The van der Waals surface area contributed by atoms with Gasteiger partial charge in [-0.25, -0.2) is 0 Å². The Labute approximate surface area is 111 Å². The molecule has 1 fully saturated rings. The van der Waals surface area contributed by atoms with Gasteiger partial charge in [-0.15, -0.1) is 0 Å². The monoisotopic (exact) mass is 299 g/mol. The van der Waals surface area contributed by atoms with Gasteiger partial charge in [0.1, 0.15) is 0 Å². The Morgan fingerprint density at radius 2 is 2.29 bits per heavy atom. The third kappa shape index (κ3) is 3.56. The van der Waals surface area contributed by atoms with Crippen molar-refractivity contribution in [2.75, 3.05) is 23.4 Å². The first-order valence-electron chi connectivity index (χ1n) is 6.12. The first-order valence-corrected chi connectivity index (χ1v) is 7.24. The van der Waals surface area contributed by atoms with Gasteiger partial charge in [-0.05, 0) is 19.3 Å². The van der Waals surface area contributed by atoms with Crippen molar-refractivity contribution >= 4 is 21.7 Å². The van der Waals surface area contributed by atoms with Gasteiger partial charge >= 0.3 is 0 Å². The van der Waals surface area contributed by atoms with E-state index in [-0.39, 0.29) is 0 Å². The molecule has 1 saturated carbocycles. The Hall–Kier alpha value is -0.840. The highest BCUT2D eigenvalue weighted by Gasteiger charge is 2.29. The van der Waals surface area contributed by atoms with Gasteiger partial charge in [0.05, 0.1) is 19.0 Å². The van der Waals surface area contributed by atoms with Gasteiger partial charge < -0.3 is 9.64 Å².